The molecule has 190 valence electrons. The first-order chi connectivity index (χ1) is 17.2. The van der Waals surface area contributed by atoms with Gasteiger partial charge in [0.05, 0.1) is 59.7 Å². The van der Waals surface area contributed by atoms with Crippen LogP contribution in [0.4, 0.5) is 15.8 Å². The van der Waals surface area contributed by atoms with Crippen molar-refractivity contribution in [2.75, 3.05) is 25.6 Å². The molecule has 0 radical (unpaired) electrons. The van der Waals surface area contributed by atoms with Gasteiger partial charge in [-0.3, -0.25) is 9.48 Å². The number of nitrogens with one attached hydrogen (secondary N) is 2. The highest BCUT2D eigenvalue weighted by atomic mass is 35.5. The molecule has 13 heteroatoms. The summed E-state index contributed by atoms with van der Waals surface area (Å²) >= 11 is 6.03. The Morgan fingerprint density at radius 3 is 2.78 bits per heavy atom. The molecular weight excluding hydrogens is 491 g/mol. The van der Waals surface area contributed by atoms with Crippen LogP contribution in [0, 0.1) is 0 Å². The van der Waals surface area contributed by atoms with E-state index < -0.39 is 17.7 Å². The number of amides is 1. The van der Waals surface area contributed by atoms with Gasteiger partial charge in [0.1, 0.15) is 6.17 Å². The van der Waals surface area contributed by atoms with E-state index in [1.165, 1.54) is 30.9 Å². The van der Waals surface area contributed by atoms with Crippen LogP contribution in [0.2, 0.25) is 5.02 Å². The monoisotopic (exact) mass is 516 g/mol. The van der Waals surface area contributed by atoms with Gasteiger partial charge in [0, 0.05) is 37.2 Å². The number of alkyl halides is 1. The number of rotatable bonds is 10. The maximum absolute atomic E-state index is 14.2. The topological polar surface area (TPSA) is 132 Å². The van der Waals surface area contributed by atoms with Crippen LogP contribution in [0.3, 0.4) is 0 Å². The minimum atomic E-state index is -1.66. The molecule has 0 aliphatic rings. The van der Waals surface area contributed by atoms with Gasteiger partial charge < -0.3 is 20.5 Å². The van der Waals surface area contributed by atoms with Crippen LogP contribution in [0.25, 0.3) is 16.9 Å². The summed E-state index contributed by atoms with van der Waals surface area (Å²) in [7, 11) is 1.60. The van der Waals surface area contributed by atoms with Crippen molar-refractivity contribution < 1.29 is 19.0 Å². The summed E-state index contributed by atoms with van der Waals surface area (Å²) in [6.07, 6.45) is 6.20. The summed E-state index contributed by atoms with van der Waals surface area (Å²) in [6.45, 7) is 3.35. The van der Waals surface area contributed by atoms with Gasteiger partial charge in [0.2, 0.25) is 0 Å². The number of aromatic nitrogens is 6. The van der Waals surface area contributed by atoms with Crippen molar-refractivity contribution in [3.63, 3.8) is 0 Å². The zero-order chi connectivity index (χ0) is 25.9. The Bertz CT molecular complexity index is 1370. The highest BCUT2D eigenvalue weighted by Crippen LogP contribution is 2.25. The van der Waals surface area contributed by atoms with Gasteiger partial charge in [-0.05, 0) is 19.9 Å². The number of halogens is 2. The number of carbonyl (C=O) groups excluding carboxylic acids is 1. The number of hydrogen-bond acceptors (Lipinski definition) is 8. The van der Waals surface area contributed by atoms with E-state index in [9.17, 15) is 14.3 Å². The number of carbonyl (C=O) groups is 1. The molecule has 0 saturated carbocycles. The quantitative estimate of drug-likeness (QED) is 0.293. The van der Waals surface area contributed by atoms with E-state index in [4.69, 9.17) is 16.3 Å². The summed E-state index contributed by atoms with van der Waals surface area (Å²) in [6, 6.07) is 3.37. The number of pyridine rings is 2. The number of nitrogens with zero attached hydrogens (tertiary/aromatic N) is 6. The van der Waals surface area contributed by atoms with Crippen LogP contribution in [-0.4, -0.2) is 72.6 Å². The van der Waals surface area contributed by atoms with Crippen LogP contribution in [0.5, 0.6) is 0 Å². The molecule has 0 spiro atoms. The third-order valence-corrected chi connectivity index (χ3v) is 5.58. The molecule has 1 unspecified atom stereocenters. The molecule has 4 rings (SSSR count). The Balaban J connectivity index is 1.67. The largest absolute Gasteiger partial charge is 0.387 e. The average molecular weight is 517 g/mol. The van der Waals surface area contributed by atoms with Crippen molar-refractivity contribution in [2.24, 2.45) is 0 Å². The van der Waals surface area contributed by atoms with Gasteiger partial charge in [-0.2, -0.15) is 14.9 Å². The summed E-state index contributed by atoms with van der Waals surface area (Å²) in [5.41, 5.74) is 0.115. The molecule has 4 aromatic rings. The fraction of sp³-hybridized carbons (Fsp3) is 0.348. The van der Waals surface area contributed by atoms with Gasteiger partial charge in [0.15, 0.2) is 11.5 Å². The lowest BCUT2D eigenvalue weighted by Crippen LogP contribution is -2.42. The van der Waals surface area contributed by atoms with Crippen molar-refractivity contribution >= 4 is 39.9 Å². The standard InChI is InChI=1S/C23H26ClFN8O3/c1-23(2,35)19(25)12-28-22(34)17-11-26-20(33-21-14(8-30-33)6-15(24)9-27-21)7-18(17)31-16-10-29-32(13-16)4-5-36-3/h6-11,13,19,35H,4-5,12H2,1-3H3,(H,26,31)(H,28,34). The van der Waals surface area contributed by atoms with Crippen molar-refractivity contribution in [3.8, 4) is 5.82 Å². The van der Waals surface area contributed by atoms with Gasteiger partial charge >= 0.3 is 0 Å². The molecule has 0 aliphatic carbocycles. The fourth-order valence-corrected chi connectivity index (χ4v) is 3.49. The Morgan fingerprint density at radius 1 is 1.22 bits per heavy atom. The molecule has 0 aromatic carbocycles. The maximum Gasteiger partial charge on any atom is 0.255 e. The second-order valence-corrected chi connectivity index (χ2v) is 9.09. The van der Waals surface area contributed by atoms with Crippen LogP contribution < -0.4 is 10.6 Å². The number of fused-ring (bicyclic) bond motifs is 1. The molecule has 4 heterocycles. The minimum Gasteiger partial charge on any atom is -0.387 e. The van der Waals surface area contributed by atoms with Crippen molar-refractivity contribution in [2.45, 2.75) is 32.2 Å². The lowest BCUT2D eigenvalue weighted by molar-refractivity contribution is -0.00177. The summed E-state index contributed by atoms with van der Waals surface area (Å²) in [5, 5.41) is 25.4. The van der Waals surface area contributed by atoms with Gasteiger partial charge in [0.25, 0.3) is 5.91 Å². The van der Waals surface area contributed by atoms with Gasteiger partial charge in [-0.25, -0.2) is 14.4 Å². The molecule has 3 N–H and O–H groups in total. The van der Waals surface area contributed by atoms with Crippen LogP contribution in [0.1, 0.15) is 24.2 Å². The molecule has 4 aromatic heterocycles. The number of methoxy groups -OCH3 is 1. The highest BCUT2D eigenvalue weighted by Gasteiger charge is 2.27. The number of ether oxygens (including phenoxy) is 1. The lowest BCUT2D eigenvalue weighted by Gasteiger charge is -2.22. The van der Waals surface area contributed by atoms with Crippen molar-refractivity contribution in [1.82, 2.24) is 34.8 Å². The molecule has 0 aliphatic heterocycles. The third-order valence-electron chi connectivity index (χ3n) is 5.37. The summed E-state index contributed by atoms with van der Waals surface area (Å²) in [4.78, 5) is 21.7. The second-order valence-electron chi connectivity index (χ2n) is 8.65. The van der Waals surface area contributed by atoms with E-state index in [1.807, 2.05) is 0 Å². The Kier molecular flexibility index (Phi) is 7.48. The smallest absolute Gasteiger partial charge is 0.255 e. The normalized spacial score (nSPS) is 12.6. The lowest BCUT2D eigenvalue weighted by atomic mass is 10.0. The van der Waals surface area contributed by atoms with E-state index in [0.29, 0.717) is 41.0 Å². The van der Waals surface area contributed by atoms with E-state index in [-0.39, 0.29) is 12.1 Å². The fourth-order valence-electron chi connectivity index (χ4n) is 3.32. The second kappa shape index (κ2) is 10.6. The molecular formula is C23H26ClFN8O3. The molecule has 11 nitrogen and oxygen atoms in total. The predicted octanol–water partition coefficient (Wildman–Crippen LogP) is 2.89. The zero-order valence-electron chi connectivity index (χ0n) is 19.9. The number of hydrogen-bond donors (Lipinski definition) is 3. The number of anilines is 2. The number of aliphatic hydroxyl groups is 1. The SMILES string of the molecule is COCCn1cc(Nc2cc(-n3ncc4cc(Cl)cnc43)ncc2C(=O)NCC(F)C(C)(C)O)cn1. The van der Waals surface area contributed by atoms with Gasteiger partial charge in [-0.15, -0.1) is 0 Å². The first kappa shape index (κ1) is 25.5. The highest BCUT2D eigenvalue weighted by molar-refractivity contribution is 6.31. The Morgan fingerprint density at radius 2 is 2.03 bits per heavy atom. The van der Waals surface area contributed by atoms with Crippen LogP contribution in [0.15, 0.2) is 43.1 Å². The van der Waals surface area contributed by atoms with Crippen LogP contribution >= 0.6 is 11.6 Å². The molecule has 1 amide bonds. The molecule has 0 bridgehead atoms. The molecule has 0 saturated heterocycles. The van der Waals surface area contributed by atoms with Crippen LogP contribution in [-0.2, 0) is 11.3 Å². The third kappa shape index (κ3) is 5.78. The average Bonchev–Trinajstić information content (AvgIpc) is 3.46. The summed E-state index contributed by atoms with van der Waals surface area (Å²) < 4.78 is 22.5. The van der Waals surface area contributed by atoms with Crippen molar-refractivity contribution in [3.05, 3.63) is 53.7 Å². The predicted molar refractivity (Wildman–Crippen MR) is 133 cm³/mol. The Labute approximate surface area is 211 Å². The molecule has 1 atom stereocenters. The van der Waals surface area contributed by atoms with E-state index in [0.717, 1.165) is 5.39 Å². The van der Waals surface area contributed by atoms with Gasteiger partial charge in [-0.1, -0.05) is 11.6 Å². The van der Waals surface area contributed by atoms with E-state index in [1.54, 1.807) is 42.5 Å². The molecule has 0 fully saturated rings. The van der Waals surface area contributed by atoms with E-state index >= 15 is 0 Å². The van der Waals surface area contributed by atoms with E-state index in [2.05, 4.69) is 30.8 Å². The Hall–Kier alpha value is -3.61. The summed E-state index contributed by atoms with van der Waals surface area (Å²) in [5.74, 6) is -0.170. The minimum absolute atomic E-state index is 0.166. The first-order valence-electron chi connectivity index (χ1n) is 11.1. The zero-order valence-corrected chi connectivity index (χ0v) is 20.7. The van der Waals surface area contributed by atoms with Crippen molar-refractivity contribution in [1.29, 1.82) is 0 Å². The first-order valence-corrected chi connectivity index (χ1v) is 11.5. The molecule has 36 heavy (non-hydrogen) atoms. The maximum atomic E-state index is 14.2.